The smallest absolute Gasteiger partial charge is 0.254 e. The number of nitrogens with zero attached hydrogens (tertiary/aromatic N) is 2. The second-order valence-corrected chi connectivity index (χ2v) is 7.96. The van der Waals surface area contributed by atoms with Crippen molar-refractivity contribution in [3.63, 3.8) is 0 Å². The van der Waals surface area contributed by atoms with Crippen molar-refractivity contribution in [1.82, 2.24) is 9.88 Å². The minimum Gasteiger partial charge on any atom is -0.338 e. The van der Waals surface area contributed by atoms with Gasteiger partial charge in [-0.2, -0.15) is 0 Å². The molecule has 142 valence electrons. The molecule has 1 aliphatic heterocycles. The van der Waals surface area contributed by atoms with Crippen LogP contribution in [0.25, 0.3) is 22.2 Å². The van der Waals surface area contributed by atoms with Crippen LogP contribution in [0.2, 0.25) is 0 Å². The molecular weight excluding hydrogens is 353 g/mol. The maximum Gasteiger partial charge on any atom is 0.254 e. The summed E-state index contributed by atoms with van der Waals surface area (Å²) in [5, 5.41) is 0.687. The first kappa shape index (κ1) is 17.3. The van der Waals surface area contributed by atoms with Crippen LogP contribution in [0.1, 0.15) is 23.2 Å². The molecule has 1 saturated carbocycles. The fraction of sp³-hybridized carbons (Fsp3) is 0.304. The molecular formula is C23H22FN3O. The maximum absolute atomic E-state index is 13.9. The van der Waals surface area contributed by atoms with E-state index in [0.29, 0.717) is 40.5 Å². The molecule has 5 rings (SSSR count). The van der Waals surface area contributed by atoms with Crippen LogP contribution >= 0.6 is 0 Å². The van der Waals surface area contributed by atoms with Crippen LogP contribution in [-0.4, -0.2) is 34.9 Å². The quantitative estimate of drug-likeness (QED) is 0.740. The second kappa shape index (κ2) is 6.67. The Morgan fingerprint density at radius 3 is 2.68 bits per heavy atom. The van der Waals surface area contributed by atoms with Gasteiger partial charge in [0.05, 0.1) is 16.8 Å². The number of carbonyl (C=O) groups is 1. The van der Waals surface area contributed by atoms with E-state index < -0.39 is 0 Å². The van der Waals surface area contributed by atoms with Crippen molar-refractivity contribution < 1.29 is 9.18 Å². The first-order valence-corrected chi connectivity index (χ1v) is 9.81. The number of benzene rings is 2. The van der Waals surface area contributed by atoms with E-state index in [1.54, 1.807) is 6.07 Å². The number of hydrogen-bond donors (Lipinski definition) is 1. The van der Waals surface area contributed by atoms with Crippen molar-refractivity contribution in [3.05, 3.63) is 66.0 Å². The van der Waals surface area contributed by atoms with Crippen LogP contribution in [0.15, 0.2) is 54.6 Å². The first-order chi connectivity index (χ1) is 13.6. The summed E-state index contributed by atoms with van der Waals surface area (Å²) in [5.74, 6) is 0.518. The van der Waals surface area contributed by atoms with Gasteiger partial charge >= 0.3 is 0 Å². The standard InChI is InChI=1S/C23H22FN3O/c24-16-7-8-17-18(23(28)27-12-15-6-9-20(25)19(15)13-27)11-21(26-22(17)10-16)14-4-2-1-3-5-14/h1-5,7-8,10-11,15,19-20H,6,9,12-13,25H2. The summed E-state index contributed by atoms with van der Waals surface area (Å²) in [4.78, 5) is 20.0. The Labute approximate surface area is 163 Å². The lowest BCUT2D eigenvalue weighted by Gasteiger charge is -2.20. The zero-order valence-corrected chi connectivity index (χ0v) is 15.5. The molecule has 4 nitrogen and oxygen atoms in total. The van der Waals surface area contributed by atoms with Crippen molar-refractivity contribution >= 4 is 16.8 Å². The van der Waals surface area contributed by atoms with Gasteiger partial charge in [-0.05, 0) is 42.9 Å². The summed E-state index contributed by atoms with van der Waals surface area (Å²) in [6.45, 7) is 1.46. The molecule has 2 aromatic carbocycles. The van der Waals surface area contributed by atoms with Gasteiger partial charge in [-0.15, -0.1) is 0 Å². The topological polar surface area (TPSA) is 59.2 Å². The number of pyridine rings is 1. The van der Waals surface area contributed by atoms with E-state index in [1.165, 1.54) is 12.1 Å². The van der Waals surface area contributed by atoms with E-state index in [1.807, 2.05) is 41.3 Å². The third-order valence-corrected chi connectivity index (χ3v) is 6.27. The van der Waals surface area contributed by atoms with E-state index in [2.05, 4.69) is 4.98 Å². The second-order valence-electron chi connectivity index (χ2n) is 7.96. The highest BCUT2D eigenvalue weighted by Gasteiger charge is 2.42. The van der Waals surface area contributed by atoms with Gasteiger partial charge in [-0.3, -0.25) is 4.79 Å². The molecule has 28 heavy (non-hydrogen) atoms. The lowest BCUT2D eigenvalue weighted by atomic mass is 9.98. The van der Waals surface area contributed by atoms with Crippen molar-refractivity contribution in [3.8, 4) is 11.3 Å². The molecule has 1 amide bonds. The number of carbonyl (C=O) groups excluding carboxylic acids is 1. The van der Waals surface area contributed by atoms with E-state index >= 15 is 0 Å². The lowest BCUT2D eigenvalue weighted by Crippen LogP contribution is -2.33. The normalized spacial score (nSPS) is 23.9. The highest BCUT2D eigenvalue weighted by molar-refractivity contribution is 6.07. The molecule has 5 heteroatoms. The number of rotatable bonds is 2. The van der Waals surface area contributed by atoms with E-state index in [0.717, 1.165) is 24.9 Å². The van der Waals surface area contributed by atoms with Gasteiger partial charge in [0.15, 0.2) is 0 Å². The Bertz CT molecular complexity index is 1050. The monoisotopic (exact) mass is 375 g/mol. The minimum atomic E-state index is -0.356. The summed E-state index contributed by atoms with van der Waals surface area (Å²) in [5.41, 5.74) is 8.90. The molecule has 2 N–H and O–H groups in total. The van der Waals surface area contributed by atoms with Crippen LogP contribution in [-0.2, 0) is 0 Å². The van der Waals surface area contributed by atoms with Gasteiger partial charge < -0.3 is 10.6 Å². The number of nitrogens with two attached hydrogens (primary N) is 1. The van der Waals surface area contributed by atoms with Crippen molar-refractivity contribution in [2.45, 2.75) is 18.9 Å². The molecule has 0 radical (unpaired) electrons. The zero-order chi connectivity index (χ0) is 19.3. The van der Waals surface area contributed by atoms with Gasteiger partial charge in [-0.1, -0.05) is 30.3 Å². The Balaban J connectivity index is 1.59. The Hall–Kier alpha value is -2.79. The zero-order valence-electron chi connectivity index (χ0n) is 15.5. The molecule has 3 atom stereocenters. The number of fused-ring (bicyclic) bond motifs is 2. The molecule has 0 spiro atoms. The number of aromatic nitrogens is 1. The van der Waals surface area contributed by atoms with Crippen LogP contribution in [0.4, 0.5) is 4.39 Å². The molecule has 1 aliphatic carbocycles. The molecule has 3 aromatic rings. The summed E-state index contributed by atoms with van der Waals surface area (Å²) in [6.07, 6.45) is 2.14. The van der Waals surface area contributed by atoms with Crippen molar-refractivity contribution in [2.24, 2.45) is 17.6 Å². The van der Waals surface area contributed by atoms with E-state index in [4.69, 9.17) is 5.73 Å². The van der Waals surface area contributed by atoms with E-state index in [9.17, 15) is 9.18 Å². The Kier molecular flexibility index (Phi) is 4.13. The molecule has 1 saturated heterocycles. The third-order valence-electron chi connectivity index (χ3n) is 6.27. The summed E-state index contributed by atoms with van der Waals surface area (Å²) in [6, 6.07) is 16.1. The molecule has 1 aromatic heterocycles. The molecule has 3 unspecified atom stereocenters. The predicted octanol–water partition coefficient (Wildman–Crippen LogP) is 3.85. The van der Waals surface area contributed by atoms with Crippen LogP contribution in [0, 0.1) is 17.7 Å². The molecule has 2 fully saturated rings. The minimum absolute atomic E-state index is 0.0159. The van der Waals surface area contributed by atoms with Crippen molar-refractivity contribution in [2.75, 3.05) is 13.1 Å². The lowest BCUT2D eigenvalue weighted by molar-refractivity contribution is 0.0781. The fourth-order valence-corrected chi connectivity index (χ4v) is 4.78. The summed E-state index contributed by atoms with van der Waals surface area (Å²) < 4.78 is 13.9. The number of likely N-dealkylation sites (tertiary alicyclic amines) is 1. The number of amides is 1. The van der Waals surface area contributed by atoms with Crippen LogP contribution < -0.4 is 5.73 Å². The average molecular weight is 375 g/mol. The van der Waals surface area contributed by atoms with Gasteiger partial charge in [-0.25, -0.2) is 9.37 Å². The van der Waals surface area contributed by atoms with E-state index in [-0.39, 0.29) is 17.8 Å². The SMILES string of the molecule is NC1CCC2CN(C(=O)c3cc(-c4ccccc4)nc4cc(F)ccc34)CC12. The van der Waals surface area contributed by atoms with Gasteiger partial charge in [0.2, 0.25) is 0 Å². The van der Waals surface area contributed by atoms with Crippen LogP contribution in [0.5, 0.6) is 0 Å². The predicted molar refractivity (Wildman–Crippen MR) is 107 cm³/mol. The Morgan fingerprint density at radius 1 is 1.07 bits per heavy atom. The summed E-state index contributed by atoms with van der Waals surface area (Å²) >= 11 is 0. The number of halogens is 1. The highest BCUT2D eigenvalue weighted by Crippen LogP contribution is 2.38. The molecule has 2 heterocycles. The Morgan fingerprint density at radius 2 is 1.89 bits per heavy atom. The highest BCUT2D eigenvalue weighted by atomic mass is 19.1. The third kappa shape index (κ3) is 2.87. The van der Waals surface area contributed by atoms with Gasteiger partial charge in [0.1, 0.15) is 5.82 Å². The van der Waals surface area contributed by atoms with Gasteiger partial charge in [0.25, 0.3) is 5.91 Å². The first-order valence-electron chi connectivity index (χ1n) is 9.81. The largest absolute Gasteiger partial charge is 0.338 e. The van der Waals surface area contributed by atoms with Crippen LogP contribution in [0.3, 0.4) is 0 Å². The maximum atomic E-state index is 13.9. The number of hydrogen-bond acceptors (Lipinski definition) is 3. The fourth-order valence-electron chi connectivity index (χ4n) is 4.78. The summed E-state index contributed by atoms with van der Waals surface area (Å²) in [7, 11) is 0. The average Bonchev–Trinajstić information content (AvgIpc) is 3.29. The molecule has 0 bridgehead atoms. The molecule has 2 aliphatic rings. The van der Waals surface area contributed by atoms with Crippen molar-refractivity contribution in [1.29, 1.82) is 0 Å². The van der Waals surface area contributed by atoms with Gasteiger partial charge in [0, 0.05) is 36.1 Å².